The summed E-state index contributed by atoms with van der Waals surface area (Å²) in [6, 6.07) is 9.55. The third kappa shape index (κ3) is 3.13. The fraction of sp³-hybridized carbons (Fsp3) is 0.333. The van der Waals surface area contributed by atoms with Crippen LogP contribution in [0.3, 0.4) is 0 Å². The number of rotatable bonds is 5. The van der Waals surface area contributed by atoms with Crippen LogP contribution in [0, 0.1) is 0 Å². The highest BCUT2D eigenvalue weighted by atomic mass is 16.7. The number of hydrogen-bond donors (Lipinski definition) is 0. The quantitative estimate of drug-likeness (QED) is 0.852. The normalized spacial score (nSPS) is 13.7. The van der Waals surface area contributed by atoms with E-state index in [1.54, 1.807) is 12.4 Å². The van der Waals surface area contributed by atoms with E-state index >= 15 is 0 Å². The van der Waals surface area contributed by atoms with Crippen molar-refractivity contribution in [2.45, 2.75) is 26.3 Å². The van der Waals surface area contributed by atoms with Gasteiger partial charge in [0.25, 0.3) is 0 Å². The summed E-state index contributed by atoms with van der Waals surface area (Å²) in [6.07, 6.45) is 3.45. The molecule has 0 saturated heterocycles. The predicted molar refractivity (Wildman–Crippen MR) is 86.3 cm³/mol. The highest BCUT2D eigenvalue weighted by molar-refractivity contribution is 5.83. The van der Waals surface area contributed by atoms with Crippen LogP contribution in [0.15, 0.2) is 42.7 Å². The van der Waals surface area contributed by atoms with Crippen molar-refractivity contribution in [3.05, 3.63) is 53.9 Å². The van der Waals surface area contributed by atoms with Gasteiger partial charge in [-0.1, -0.05) is 18.2 Å². The second kappa shape index (κ2) is 6.69. The van der Waals surface area contributed by atoms with Crippen LogP contribution < -0.4 is 9.47 Å². The first-order chi connectivity index (χ1) is 11.2. The van der Waals surface area contributed by atoms with Gasteiger partial charge in [-0.2, -0.15) is 0 Å². The van der Waals surface area contributed by atoms with Crippen LogP contribution in [-0.4, -0.2) is 29.1 Å². The van der Waals surface area contributed by atoms with Gasteiger partial charge >= 0.3 is 0 Å². The molecule has 1 amide bonds. The van der Waals surface area contributed by atoms with Crippen molar-refractivity contribution in [3.63, 3.8) is 0 Å². The average Bonchev–Trinajstić information content (AvgIpc) is 3.08. The molecule has 1 atom stereocenters. The summed E-state index contributed by atoms with van der Waals surface area (Å²) < 4.78 is 10.9. The molecule has 0 saturated carbocycles. The topological polar surface area (TPSA) is 51.7 Å². The van der Waals surface area contributed by atoms with Crippen LogP contribution in [0.4, 0.5) is 0 Å². The van der Waals surface area contributed by atoms with Crippen molar-refractivity contribution < 1.29 is 14.3 Å². The van der Waals surface area contributed by atoms with E-state index in [9.17, 15) is 4.79 Å². The molecule has 0 radical (unpaired) electrons. The molecule has 2 heterocycles. The fourth-order valence-corrected chi connectivity index (χ4v) is 2.71. The molecule has 0 unspecified atom stereocenters. The van der Waals surface area contributed by atoms with Gasteiger partial charge in [-0.25, -0.2) is 0 Å². The zero-order valence-electron chi connectivity index (χ0n) is 13.4. The zero-order chi connectivity index (χ0) is 16.2. The molecule has 3 rings (SSSR count). The molecule has 2 aromatic rings. The highest BCUT2D eigenvalue weighted by Gasteiger charge is 2.24. The monoisotopic (exact) mass is 312 g/mol. The first-order valence-corrected chi connectivity index (χ1v) is 7.77. The van der Waals surface area contributed by atoms with Gasteiger partial charge in [0.05, 0.1) is 5.92 Å². The lowest BCUT2D eigenvalue weighted by atomic mass is 10.0. The summed E-state index contributed by atoms with van der Waals surface area (Å²) in [7, 11) is 0. The van der Waals surface area contributed by atoms with Gasteiger partial charge < -0.3 is 14.4 Å². The molecule has 0 spiro atoms. The smallest absolute Gasteiger partial charge is 0.231 e. The van der Waals surface area contributed by atoms with Crippen molar-refractivity contribution >= 4 is 5.91 Å². The number of benzene rings is 1. The summed E-state index contributed by atoms with van der Waals surface area (Å²) in [5.41, 5.74) is 1.89. The summed E-state index contributed by atoms with van der Waals surface area (Å²) in [4.78, 5) is 18.7. The number of carbonyl (C=O) groups excluding carboxylic acids is 1. The lowest BCUT2D eigenvalue weighted by Crippen LogP contribution is -2.33. The van der Waals surface area contributed by atoms with E-state index in [1.165, 1.54) is 0 Å². The molecule has 1 aromatic carbocycles. The minimum atomic E-state index is -0.224. The Morgan fingerprint density at radius 2 is 2.17 bits per heavy atom. The minimum absolute atomic E-state index is 0.0806. The summed E-state index contributed by atoms with van der Waals surface area (Å²) >= 11 is 0. The van der Waals surface area contributed by atoms with E-state index in [0.717, 1.165) is 22.6 Å². The van der Waals surface area contributed by atoms with E-state index in [2.05, 4.69) is 4.98 Å². The van der Waals surface area contributed by atoms with Gasteiger partial charge in [0.1, 0.15) is 0 Å². The molecule has 0 aliphatic carbocycles. The van der Waals surface area contributed by atoms with E-state index in [1.807, 2.05) is 49.1 Å². The highest BCUT2D eigenvalue weighted by Crippen LogP contribution is 2.36. The van der Waals surface area contributed by atoms with Crippen molar-refractivity contribution in [2.24, 2.45) is 0 Å². The number of ether oxygens (including phenoxy) is 2. The Bertz CT molecular complexity index is 688. The van der Waals surface area contributed by atoms with Gasteiger partial charge in [-0.05, 0) is 31.5 Å². The maximum Gasteiger partial charge on any atom is 0.231 e. The van der Waals surface area contributed by atoms with Gasteiger partial charge in [0.15, 0.2) is 11.5 Å². The lowest BCUT2D eigenvalue weighted by Gasteiger charge is -2.25. The van der Waals surface area contributed by atoms with Crippen LogP contribution in [-0.2, 0) is 11.3 Å². The summed E-state index contributed by atoms with van der Waals surface area (Å²) in [6.45, 7) is 5.27. The molecule has 120 valence electrons. The first-order valence-electron chi connectivity index (χ1n) is 7.77. The number of fused-ring (bicyclic) bond motifs is 1. The van der Waals surface area contributed by atoms with E-state index < -0.39 is 0 Å². The summed E-state index contributed by atoms with van der Waals surface area (Å²) in [5.74, 6) is 1.34. The number of carbonyl (C=O) groups is 1. The van der Waals surface area contributed by atoms with Crippen LogP contribution in [0.5, 0.6) is 11.5 Å². The predicted octanol–water partition coefficient (Wildman–Crippen LogP) is 2.96. The molecule has 1 aliphatic heterocycles. The largest absolute Gasteiger partial charge is 0.454 e. The Morgan fingerprint density at radius 3 is 2.91 bits per heavy atom. The standard InChI is InChI=1S/C18H20N2O3/c1-3-20(18(21)13(2)14-7-5-9-19-10-14)11-15-6-4-8-16-17(15)23-12-22-16/h4-10,13H,3,11-12H2,1-2H3/t13-/m1/s1. The molecular weight excluding hydrogens is 292 g/mol. The number of likely N-dealkylation sites (N-methyl/N-ethyl adjacent to an activating group) is 1. The SMILES string of the molecule is CCN(Cc1cccc2c1OCO2)C(=O)[C@H](C)c1cccnc1. The maximum absolute atomic E-state index is 12.8. The molecule has 1 aromatic heterocycles. The number of pyridine rings is 1. The Balaban J connectivity index is 1.78. The number of para-hydroxylation sites is 1. The van der Waals surface area contributed by atoms with Crippen molar-refractivity contribution in [1.82, 2.24) is 9.88 Å². The van der Waals surface area contributed by atoms with Gasteiger partial charge in [-0.3, -0.25) is 9.78 Å². The van der Waals surface area contributed by atoms with Gasteiger partial charge in [-0.15, -0.1) is 0 Å². The minimum Gasteiger partial charge on any atom is -0.454 e. The molecule has 0 N–H and O–H groups in total. The number of amides is 1. The fourth-order valence-electron chi connectivity index (χ4n) is 2.71. The molecule has 23 heavy (non-hydrogen) atoms. The van der Waals surface area contributed by atoms with Crippen LogP contribution in [0.1, 0.15) is 30.9 Å². The third-order valence-corrected chi connectivity index (χ3v) is 4.09. The van der Waals surface area contributed by atoms with Crippen LogP contribution in [0.2, 0.25) is 0 Å². The summed E-state index contributed by atoms with van der Waals surface area (Å²) in [5, 5.41) is 0. The number of nitrogens with zero attached hydrogens (tertiary/aromatic N) is 2. The molecular formula is C18H20N2O3. The first kappa shape index (κ1) is 15.3. The molecule has 5 heteroatoms. The lowest BCUT2D eigenvalue weighted by molar-refractivity contribution is -0.132. The Kier molecular flexibility index (Phi) is 4.46. The average molecular weight is 312 g/mol. The number of hydrogen-bond acceptors (Lipinski definition) is 4. The van der Waals surface area contributed by atoms with E-state index in [-0.39, 0.29) is 18.6 Å². The second-order valence-electron chi connectivity index (χ2n) is 5.51. The van der Waals surface area contributed by atoms with E-state index in [4.69, 9.17) is 9.47 Å². The van der Waals surface area contributed by atoms with Crippen LogP contribution in [0.25, 0.3) is 0 Å². The maximum atomic E-state index is 12.8. The molecule has 1 aliphatic rings. The second-order valence-corrected chi connectivity index (χ2v) is 5.51. The third-order valence-electron chi connectivity index (χ3n) is 4.09. The van der Waals surface area contributed by atoms with Gasteiger partial charge in [0, 0.05) is 31.0 Å². The Hall–Kier alpha value is -2.56. The Morgan fingerprint density at radius 1 is 1.30 bits per heavy atom. The molecule has 0 fully saturated rings. The number of aromatic nitrogens is 1. The van der Waals surface area contributed by atoms with Crippen molar-refractivity contribution in [1.29, 1.82) is 0 Å². The van der Waals surface area contributed by atoms with E-state index in [0.29, 0.717) is 13.1 Å². The molecule has 0 bridgehead atoms. The molecule has 5 nitrogen and oxygen atoms in total. The van der Waals surface area contributed by atoms with Gasteiger partial charge in [0.2, 0.25) is 12.7 Å². The van der Waals surface area contributed by atoms with Crippen molar-refractivity contribution in [2.75, 3.05) is 13.3 Å². The zero-order valence-corrected chi connectivity index (χ0v) is 13.4. The van der Waals surface area contributed by atoms with Crippen molar-refractivity contribution in [3.8, 4) is 11.5 Å². The Labute approximate surface area is 135 Å². The van der Waals surface area contributed by atoms with Crippen LogP contribution >= 0.6 is 0 Å².